The number of hydrogen-bond donors (Lipinski definition) is 0. The molecule has 1 saturated carbocycles. The first-order chi connectivity index (χ1) is 10.2. The Morgan fingerprint density at radius 1 is 1.24 bits per heavy atom. The van der Waals surface area contributed by atoms with Gasteiger partial charge in [0.15, 0.2) is 0 Å². The summed E-state index contributed by atoms with van der Waals surface area (Å²) in [5.74, 6) is 0.414. The maximum Gasteiger partial charge on any atom is 0.310 e. The molecule has 0 bridgehead atoms. The molecule has 1 aliphatic carbocycles. The number of carbonyl (C=O) groups excluding carboxylic acids is 1. The summed E-state index contributed by atoms with van der Waals surface area (Å²) in [6.07, 6.45) is 5.27. The Morgan fingerprint density at radius 3 is 2.57 bits per heavy atom. The van der Waals surface area contributed by atoms with E-state index < -0.39 is 0 Å². The number of ether oxygens (including phenoxy) is 2. The van der Waals surface area contributed by atoms with E-state index in [1.54, 1.807) is 7.11 Å². The fourth-order valence-corrected chi connectivity index (χ4v) is 3.43. The molecule has 0 heterocycles. The topological polar surface area (TPSA) is 35.5 Å². The molecule has 0 N–H and O–H groups in total. The highest BCUT2D eigenvalue weighted by molar-refractivity contribution is 5.73. The van der Waals surface area contributed by atoms with Crippen LogP contribution < -0.4 is 0 Å². The van der Waals surface area contributed by atoms with Gasteiger partial charge in [0, 0.05) is 7.11 Å². The molecule has 0 radical (unpaired) electrons. The SMILES string of the molecule is CCOC(=O)Cc1cccc(C)c1C1CCC(OC)CC1. The number of methoxy groups -OCH3 is 1. The van der Waals surface area contributed by atoms with Crippen LogP contribution in [-0.2, 0) is 20.7 Å². The normalized spacial score (nSPS) is 22.0. The summed E-state index contributed by atoms with van der Waals surface area (Å²) in [5.41, 5.74) is 3.78. The predicted molar refractivity (Wildman–Crippen MR) is 83.5 cm³/mol. The van der Waals surface area contributed by atoms with E-state index >= 15 is 0 Å². The number of aryl methyl sites for hydroxylation is 1. The molecule has 0 spiro atoms. The summed E-state index contributed by atoms with van der Waals surface area (Å²) < 4.78 is 10.6. The van der Waals surface area contributed by atoms with Gasteiger partial charge in [0.05, 0.1) is 19.1 Å². The van der Waals surface area contributed by atoms with E-state index in [1.165, 1.54) is 11.1 Å². The van der Waals surface area contributed by atoms with Crippen molar-refractivity contribution in [1.29, 1.82) is 0 Å². The molecule has 0 atom stereocenters. The fraction of sp³-hybridized carbons (Fsp3) is 0.611. The van der Waals surface area contributed by atoms with Crippen molar-refractivity contribution in [2.45, 2.75) is 58.0 Å². The van der Waals surface area contributed by atoms with Gasteiger partial charge < -0.3 is 9.47 Å². The molecule has 1 fully saturated rings. The highest BCUT2D eigenvalue weighted by Gasteiger charge is 2.25. The Balaban J connectivity index is 2.16. The number of hydrogen-bond acceptors (Lipinski definition) is 3. The van der Waals surface area contributed by atoms with Crippen molar-refractivity contribution >= 4 is 5.97 Å². The number of benzene rings is 1. The van der Waals surface area contributed by atoms with Crippen molar-refractivity contribution < 1.29 is 14.3 Å². The predicted octanol–water partition coefficient (Wildman–Crippen LogP) is 3.77. The third kappa shape index (κ3) is 4.07. The van der Waals surface area contributed by atoms with Crippen molar-refractivity contribution in [3.63, 3.8) is 0 Å². The third-order valence-corrected chi connectivity index (χ3v) is 4.47. The minimum absolute atomic E-state index is 0.130. The second-order valence-electron chi connectivity index (χ2n) is 5.84. The minimum Gasteiger partial charge on any atom is -0.466 e. The highest BCUT2D eigenvalue weighted by atomic mass is 16.5. The van der Waals surface area contributed by atoms with E-state index in [9.17, 15) is 4.79 Å². The van der Waals surface area contributed by atoms with Gasteiger partial charge >= 0.3 is 5.97 Å². The van der Waals surface area contributed by atoms with Crippen LogP contribution in [0.3, 0.4) is 0 Å². The number of rotatable bonds is 5. The molecule has 0 aliphatic heterocycles. The van der Waals surface area contributed by atoms with Gasteiger partial charge in [-0.05, 0) is 62.1 Å². The van der Waals surface area contributed by atoms with Crippen molar-refractivity contribution in [2.75, 3.05) is 13.7 Å². The highest BCUT2D eigenvalue weighted by Crippen LogP contribution is 2.37. The molecular formula is C18H26O3. The molecule has 3 heteroatoms. The lowest BCUT2D eigenvalue weighted by Crippen LogP contribution is -2.21. The Hall–Kier alpha value is -1.35. The van der Waals surface area contributed by atoms with Gasteiger partial charge in [0.25, 0.3) is 0 Å². The van der Waals surface area contributed by atoms with Crippen molar-refractivity contribution in [3.8, 4) is 0 Å². The van der Waals surface area contributed by atoms with Gasteiger partial charge in [0.1, 0.15) is 0 Å². The van der Waals surface area contributed by atoms with E-state index in [0.29, 0.717) is 25.0 Å². The van der Waals surface area contributed by atoms with Crippen LogP contribution in [-0.4, -0.2) is 25.8 Å². The first-order valence-corrected chi connectivity index (χ1v) is 7.92. The molecule has 1 aromatic carbocycles. The monoisotopic (exact) mass is 290 g/mol. The molecule has 1 aromatic rings. The van der Waals surface area contributed by atoms with Crippen LogP contribution in [0, 0.1) is 6.92 Å². The molecule has 116 valence electrons. The molecule has 2 rings (SSSR count). The largest absolute Gasteiger partial charge is 0.466 e. The maximum atomic E-state index is 11.8. The van der Waals surface area contributed by atoms with Crippen LogP contribution in [0.4, 0.5) is 0 Å². The summed E-state index contributed by atoms with van der Waals surface area (Å²) in [6.45, 7) is 4.44. The molecular weight excluding hydrogens is 264 g/mol. The van der Waals surface area contributed by atoms with E-state index in [1.807, 2.05) is 13.0 Å². The zero-order valence-electron chi connectivity index (χ0n) is 13.4. The van der Waals surface area contributed by atoms with Gasteiger partial charge in [-0.1, -0.05) is 18.2 Å². The van der Waals surface area contributed by atoms with E-state index in [2.05, 4.69) is 19.1 Å². The average Bonchev–Trinajstić information content (AvgIpc) is 2.48. The lowest BCUT2D eigenvalue weighted by Gasteiger charge is -2.30. The van der Waals surface area contributed by atoms with Crippen LogP contribution in [0.5, 0.6) is 0 Å². The lowest BCUT2D eigenvalue weighted by atomic mass is 9.78. The van der Waals surface area contributed by atoms with Crippen LogP contribution >= 0.6 is 0 Å². The summed E-state index contributed by atoms with van der Waals surface area (Å²) in [5, 5.41) is 0. The molecule has 21 heavy (non-hydrogen) atoms. The lowest BCUT2D eigenvalue weighted by molar-refractivity contribution is -0.142. The van der Waals surface area contributed by atoms with Gasteiger partial charge in [0.2, 0.25) is 0 Å². The Kier molecular flexibility index (Phi) is 5.80. The summed E-state index contributed by atoms with van der Waals surface area (Å²) in [6, 6.07) is 6.25. The van der Waals surface area contributed by atoms with Crippen LogP contribution in [0.1, 0.15) is 55.2 Å². The minimum atomic E-state index is -0.130. The second kappa shape index (κ2) is 7.60. The molecule has 0 unspecified atom stereocenters. The maximum absolute atomic E-state index is 11.8. The summed E-state index contributed by atoms with van der Waals surface area (Å²) in [4.78, 5) is 11.8. The van der Waals surface area contributed by atoms with E-state index in [-0.39, 0.29) is 5.97 Å². The zero-order valence-corrected chi connectivity index (χ0v) is 13.4. The Morgan fingerprint density at radius 2 is 1.95 bits per heavy atom. The summed E-state index contributed by atoms with van der Waals surface area (Å²) >= 11 is 0. The third-order valence-electron chi connectivity index (χ3n) is 4.47. The quantitative estimate of drug-likeness (QED) is 0.774. The molecule has 0 saturated heterocycles. The van der Waals surface area contributed by atoms with Crippen LogP contribution in [0.2, 0.25) is 0 Å². The first-order valence-electron chi connectivity index (χ1n) is 7.92. The summed E-state index contributed by atoms with van der Waals surface area (Å²) in [7, 11) is 1.80. The molecule has 0 aromatic heterocycles. The van der Waals surface area contributed by atoms with Crippen LogP contribution in [0.25, 0.3) is 0 Å². The number of carbonyl (C=O) groups is 1. The molecule has 3 nitrogen and oxygen atoms in total. The van der Waals surface area contributed by atoms with Crippen molar-refractivity contribution in [2.24, 2.45) is 0 Å². The molecule has 0 amide bonds. The zero-order chi connectivity index (χ0) is 15.2. The van der Waals surface area contributed by atoms with Gasteiger partial charge in [-0.15, -0.1) is 0 Å². The first kappa shape index (κ1) is 16.0. The fourth-order valence-electron chi connectivity index (χ4n) is 3.43. The number of esters is 1. The smallest absolute Gasteiger partial charge is 0.310 e. The van der Waals surface area contributed by atoms with Crippen molar-refractivity contribution in [1.82, 2.24) is 0 Å². The Bertz CT molecular complexity index is 473. The van der Waals surface area contributed by atoms with Gasteiger partial charge in [-0.3, -0.25) is 4.79 Å². The van der Waals surface area contributed by atoms with Crippen LogP contribution in [0.15, 0.2) is 18.2 Å². The van der Waals surface area contributed by atoms with Gasteiger partial charge in [-0.25, -0.2) is 0 Å². The standard InChI is InChI=1S/C18H26O3/c1-4-21-17(19)12-15-7-5-6-13(2)18(15)14-8-10-16(20-3)11-9-14/h5-7,14,16H,4,8-12H2,1-3H3. The molecule has 1 aliphatic rings. The average molecular weight is 290 g/mol. The van der Waals surface area contributed by atoms with E-state index in [0.717, 1.165) is 31.2 Å². The van der Waals surface area contributed by atoms with E-state index in [4.69, 9.17) is 9.47 Å². The Labute approximate surface area is 127 Å². The second-order valence-corrected chi connectivity index (χ2v) is 5.84. The van der Waals surface area contributed by atoms with Crippen molar-refractivity contribution in [3.05, 3.63) is 34.9 Å². The van der Waals surface area contributed by atoms with Gasteiger partial charge in [-0.2, -0.15) is 0 Å².